The number of allylic oxidation sites excluding steroid dienone is 2. The quantitative estimate of drug-likeness (QED) is 0.172. The molecule has 2 rings (SSSR count). The number of hydrogen-bond donors (Lipinski definition) is 2. The van der Waals surface area contributed by atoms with Crippen molar-refractivity contribution in [2.75, 3.05) is 0 Å². The van der Waals surface area contributed by atoms with Crippen LogP contribution in [0.25, 0.3) is 5.57 Å². The molecular formula is C13H9Br2N3O6. The molecule has 0 amide bonds. The standard InChI is InChI=1S/C13H9Br2N3O6/c14-10-5-9(8-4-2-1-3-7(8)6-16-20)11(17(21)22)12(15)13(10,19)18(23)24/h1-6,12,19-20H/i19D. The predicted molar refractivity (Wildman–Crippen MR) is 91.4 cm³/mol. The van der Waals surface area contributed by atoms with Gasteiger partial charge in [-0.2, -0.15) is 0 Å². The van der Waals surface area contributed by atoms with Gasteiger partial charge in [0.05, 0.1) is 21.6 Å². The molecule has 0 fully saturated rings. The fourth-order valence-electron chi connectivity index (χ4n) is 2.25. The molecule has 2 unspecified atom stereocenters. The van der Waals surface area contributed by atoms with Crippen molar-refractivity contribution in [2.45, 2.75) is 10.6 Å². The molecule has 0 saturated carbocycles. The lowest BCUT2D eigenvalue weighted by Crippen LogP contribution is -2.50. The highest BCUT2D eigenvalue weighted by molar-refractivity contribution is 9.12. The molecule has 1 aliphatic carbocycles. The van der Waals surface area contributed by atoms with Gasteiger partial charge in [-0.1, -0.05) is 45.4 Å². The number of nitro groups is 2. The van der Waals surface area contributed by atoms with Crippen molar-refractivity contribution < 1.29 is 20.2 Å². The number of halogens is 2. The van der Waals surface area contributed by atoms with Crippen molar-refractivity contribution >= 4 is 43.6 Å². The van der Waals surface area contributed by atoms with Gasteiger partial charge in [-0.15, -0.1) is 0 Å². The van der Waals surface area contributed by atoms with Crippen LogP contribution in [0.2, 0.25) is 0 Å². The van der Waals surface area contributed by atoms with E-state index in [0.29, 0.717) is 11.1 Å². The predicted octanol–water partition coefficient (Wildman–Crippen LogP) is 2.50. The van der Waals surface area contributed by atoms with Gasteiger partial charge in [0.1, 0.15) is 4.48 Å². The molecule has 0 spiro atoms. The molecule has 11 heteroatoms. The lowest BCUT2D eigenvalue weighted by atomic mass is 9.90. The van der Waals surface area contributed by atoms with Gasteiger partial charge in [0.2, 0.25) is 6.26 Å². The van der Waals surface area contributed by atoms with Gasteiger partial charge in [-0.3, -0.25) is 20.2 Å². The average Bonchev–Trinajstić information content (AvgIpc) is 2.55. The average molecular weight is 464 g/mol. The zero-order chi connectivity index (χ0) is 18.8. The zero-order valence-electron chi connectivity index (χ0n) is 12.6. The van der Waals surface area contributed by atoms with Crippen molar-refractivity contribution in [1.82, 2.24) is 0 Å². The summed E-state index contributed by atoms with van der Waals surface area (Å²) in [7, 11) is 0. The third kappa shape index (κ3) is 2.85. The highest BCUT2D eigenvalue weighted by atomic mass is 79.9. The molecule has 0 radical (unpaired) electrons. The molecule has 24 heavy (non-hydrogen) atoms. The maximum absolute atomic E-state index is 11.6. The molecule has 2 N–H and O–H groups in total. The van der Waals surface area contributed by atoms with Gasteiger partial charge >= 0.3 is 5.72 Å². The first-order valence-corrected chi connectivity index (χ1v) is 7.98. The molecule has 9 nitrogen and oxygen atoms in total. The first-order chi connectivity index (χ1) is 11.8. The molecule has 1 aliphatic rings. The Morgan fingerprint density at radius 3 is 2.58 bits per heavy atom. The Hall–Kier alpha value is -2.11. The normalized spacial score (nSPS) is 24.7. The van der Waals surface area contributed by atoms with Crippen LogP contribution < -0.4 is 0 Å². The van der Waals surface area contributed by atoms with E-state index in [1.54, 1.807) is 18.2 Å². The van der Waals surface area contributed by atoms with Gasteiger partial charge in [0.25, 0.3) is 5.70 Å². The van der Waals surface area contributed by atoms with Crippen molar-refractivity contribution in [3.8, 4) is 0 Å². The molecule has 1 aromatic carbocycles. The molecule has 0 bridgehead atoms. The summed E-state index contributed by atoms with van der Waals surface area (Å²) in [6, 6.07) is 6.33. The molecule has 0 heterocycles. The summed E-state index contributed by atoms with van der Waals surface area (Å²) in [6.07, 6.45) is 2.23. The van der Waals surface area contributed by atoms with E-state index in [4.69, 9.17) is 6.64 Å². The van der Waals surface area contributed by atoms with E-state index < -0.39 is 26.1 Å². The van der Waals surface area contributed by atoms with E-state index in [-0.39, 0.29) is 10.1 Å². The molecular weight excluding hydrogens is 454 g/mol. The number of oxime groups is 1. The van der Waals surface area contributed by atoms with Crippen LogP contribution in [0.1, 0.15) is 11.1 Å². The summed E-state index contributed by atoms with van der Waals surface area (Å²) in [5.74, 6) is 0. The molecule has 1 aromatic rings. The summed E-state index contributed by atoms with van der Waals surface area (Å²) in [5, 5.41) is 39.0. The summed E-state index contributed by atoms with van der Waals surface area (Å²) >= 11 is 5.94. The molecule has 0 aliphatic heterocycles. The van der Waals surface area contributed by atoms with E-state index >= 15 is 0 Å². The van der Waals surface area contributed by atoms with E-state index in [0.717, 1.165) is 12.3 Å². The van der Waals surface area contributed by atoms with Gasteiger partial charge < -0.3 is 10.3 Å². The minimum absolute atomic E-state index is 0.0452. The SMILES string of the molecule is [2H]OC1([N+](=O)[O-])C(Br)=CC(c2ccccc2C=NO)=C([N+](=O)[O-])C1Br. The van der Waals surface area contributed by atoms with Crippen LogP contribution in [-0.4, -0.2) is 38.4 Å². The van der Waals surface area contributed by atoms with Crippen LogP contribution in [0, 0.1) is 20.2 Å². The van der Waals surface area contributed by atoms with E-state index in [1.807, 2.05) is 0 Å². The summed E-state index contributed by atoms with van der Waals surface area (Å²) < 4.78 is 6.92. The largest absolute Gasteiger partial charge is 0.411 e. The van der Waals surface area contributed by atoms with Crippen LogP contribution in [0.15, 0.2) is 45.7 Å². The highest BCUT2D eigenvalue weighted by Gasteiger charge is 2.59. The fourth-order valence-corrected chi connectivity index (χ4v) is 3.99. The molecule has 0 aromatic heterocycles. The molecule has 126 valence electrons. The Morgan fingerprint density at radius 2 is 2.04 bits per heavy atom. The Balaban J connectivity index is 2.82. The lowest BCUT2D eigenvalue weighted by Gasteiger charge is -2.27. The second kappa shape index (κ2) is 6.79. The number of alkyl halides is 1. The summed E-state index contributed by atoms with van der Waals surface area (Å²) in [6.45, 7) is 0. The highest BCUT2D eigenvalue weighted by Crippen LogP contribution is 2.44. The Kier molecular flexibility index (Phi) is 4.73. The fraction of sp³-hybridized carbons (Fsp3) is 0.154. The maximum Gasteiger partial charge on any atom is 0.378 e. The summed E-state index contributed by atoms with van der Waals surface area (Å²) in [5.41, 5.74) is -2.35. The van der Waals surface area contributed by atoms with E-state index in [9.17, 15) is 20.2 Å². The number of hydrogen-bond acceptors (Lipinski definition) is 7. The zero-order valence-corrected chi connectivity index (χ0v) is 14.8. The van der Waals surface area contributed by atoms with Crippen LogP contribution in [-0.2, 0) is 0 Å². The van der Waals surface area contributed by atoms with Crippen LogP contribution in [0.5, 0.6) is 0 Å². The first kappa shape index (κ1) is 16.7. The third-order valence-electron chi connectivity index (χ3n) is 3.39. The van der Waals surface area contributed by atoms with Gasteiger partial charge in [0, 0.05) is 5.56 Å². The second-order valence-electron chi connectivity index (χ2n) is 4.70. The smallest absolute Gasteiger partial charge is 0.378 e. The summed E-state index contributed by atoms with van der Waals surface area (Å²) in [4.78, 5) is 19.8. The molecule has 2 atom stereocenters. The van der Waals surface area contributed by atoms with Crippen molar-refractivity contribution in [3.05, 3.63) is 71.9 Å². The lowest BCUT2D eigenvalue weighted by molar-refractivity contribution is -0.611. The van der Waals surface area contributed by atoms with E-state index in [2.05, 4.69) is 42.1 Å². The number of benzene rings is 1. The monoisotopic (exact) mass is 462 g/mol. The van der Waals surface area contributed by atoms with Gasteiger partial charge in [-0.25, -0.2) is 0 Å². The van der Waals surface area contributed by atoms with Crippen molar-refractivity contribution in [3.63, 3.8) is 0 Å². The van der Waals surface area contributed by atoms with Crippen molar-refractivity contribution in [1.29, 1.82) is 1.43 Å². The second-order valence-corrected chi connectivity index (χ2v) is 6.47. The Bertz CT molecular complexity index is 828. The molecule has 0 saturated heterocycles. The van der Waals surface area contributed by atoms with E-state index in [1.165, 1.54) is 6.07 Å². The van der Waals surface area contributed by atoms with Crippen LogP contribution in [0.3, 0.4) is 0 Å². The minimum Gasteiger partial charge on any atom is -0.411 e. The Morgan fingerprint density at radius 1 is 1.38 bits per heavy atom. The maximum atomic E-state index is 11.6. The minimum atomic E-state index is -2.51. The van der Waals surface area contributed by atoms with Gasteiger partial charge in [0.15, 0.2) is 0 Å². The third-order valence-corrected chi connectivity index (χ3v) is 5.24. The Labute approximate surface area is 153 Å². The number of aliphatic hydroxyl groups is 1. The topological polar surface area (TPSA) is 139 Å². The van der Waals surface area contributed by atoms with Crippen LogP contribution in [0.4, 0.5) is 0 Å². The van der Waals surface area contributed by atoms with Crippen LogP contribution >= 0.6 is 31.9 Å². The van der Waals surface area contributed by atoms with Crippen molar-refractivity contribution in [2.24, 2.45) is 5.16 Å². The first-order valence-electron chi connectivity index (χ1n) is 6.68. The number of rotatable bonds is 5. The van der Waals surface area contributed by atoms with Gasteiger partial charge in [-0.05, 0) is 27.6 Å². The number of nitrogens with zero attached hydrogens (tertiary/aromatic N) is 3.